The fourth-order valence-corrected chi connectivity index (χ4v) is 3.96. The summed E-state index contributed by atoms with van der Waals surface area (Å²) in [6, 6.07) is 15.9. The number of ether oxygens (including phenoxy) is 2. The summed E-state index contributed by atoms with van der Waals surface area (Å²) >= 11 is 0. The summed E-state index contributed by atoms with van der Waals surface area (Å²) in [7, 11) is 1.61. The number of aryl methyl sites for hydroxylation is 1. The van der Waals surface area contributed by atoms with Crippen LogP contribution in [0.2, 0.25) is 0 Å². The fraction of sp³-hybridized carbons (Fsp3) is 0.227. The molecule has 2 aliphatic rings. The first-order chi connectivity index (χ1) is 14.5. The maximum absolute atomic E-state index is 11.0. The summed E-state index contributed by atoms with van der Waals surface area (Å²) in [5.41, 5.74) is 2.61. The first kappa shape index (κ1) is 18.2. The molecule has 2 aromatic carbocycles. The van der Waals surface area contributed by atoms with Crippen LogP contribution in [0.1, 0.15) is 41.3 Å². The number of hydrogen-bond donors (Lipinski definition) is 0. The number of non-ortho nitro benzene ring substituents is 1. The van der Waals surface area contributed by atoms with E-state index in [-0.39, 0.29) is 11.7 Å². The number of nitro benzene ring substituents is 1. The van der Waals surface area contributed by atoms with Gasteiger partial charge in [0.15, 0.2) is 11.5 Å². The summed E-state index contributed by atoms with van der Waals surface area (Å²) in [4.78, 5) is 10.6. The van der Waals surface area contributed by atoms with E-state index in [1.54, 1.807) is 19.2 Å². The Morgan fingerprint density at radius 1 is 1.17 bits per heavy atom. The number of methoxy groups -OCH3 is 1. The van der Waals surface area contributed by atoms with E-state index in [0.29, 0.717) is 17.9 Å². The number of rotatable bonds is 4. The molecule has 1 aromatic heterocycles. The van der Waals surface area contributed by atoms with Crippen LogP contribution in [0.5, 0.6) is 11.5 Å². The van der Waals surface area contributed by atoms with Gasteiger partial charge in [0.1, 0.15) is 17.2 Å². The molecule has 30 heavy (non-hydrogen) atoms. The van der Waals surface area contributed by atoms with Crippen molar-refractivity contribution in [3.63, 3.8) is 0 Å². The van der Waals surface area contributed by atoms with Crippen molar-refractivity contribution in [2.75, 3.05) is 7.11 Å². The quantitative estimate of drug-likeness (QED) is 0.460. The Labute approximate surface area is 172 Å². The van der Waals surface area contributed by atoms with Gasteiger partial charge in [-0.1, -0.05) is 12.1 Å². The van der Waals surface area contributed by atoms with E-state index in [2.05, 4.69) is 0 Å². The SMILES string of the molecule is COc1cccc2c1O[C@H](c1ccc([N+](=O)[O-])cc1)N1N=C(c3ccc(C)o3)C[C@@H]21. The molecule has 5 rings (SSSR count). The average molecular weight is 405 g/mol. The lowest BCUT2D eigenvalue weighted by Crippen LogP contribution is -2.33. The molecule has 8 heteroatoms. The number of para-hydroxylation sites is 1. The minimum Gasteiger partial charge on any atom is -0.493 e. The van der Waals surface area contributed by atoms with Gasteiger partial charge < -0.3 is 13.9 Å². The number of fused-ring (bicyclic) bond motifs is 3. The number of nitrogens with zero attached hydrogens (tertiary/aromatic N) is 3. The van der Waals surface area contributed by atoms with Gasteiger partial charge in [0.25, 0.3) is 5.69 Å². The molecule has 0 radical (unpaired) electrons. The Bertz CT molecular complexity index is 1150. The molecule has 8 nitrogen and oxygen atoms in total. The van der Waals surface area contributed by atoms with Gasteiger partial charge in [0.05, 0.1) is 18.1 Å². The van der Waals surface area contributed by atoms with Gasteiger partial charge in [-0.3, -0.25) is 10.1 Å². The van der Waals surface area contributed by atoms with Crippen molar-refractivity contribution in [2.45, 2.75) is 25.6 Å². The maximum atomic E-state index is 11.0. The van der Waals surface area contributed by atoms with Crippen LogP contribution >= 0.6 is 0 Å². The van der Waals surface area contributed by atoms with Crippen molar-refractivity contribution in [3.8, 4) is 11.5 Å². The monoisotopic (exact) mass is 405 g/mol. The van der Waals surface area contributed by atoms with Crippen LogP contribution in [0.15, 0.2) is 64.1 Å². The zero-order valence-corrected chi connectivity index (χ0v) is 16.4. The number of hydrogen-bond acceptors (Lipinski definition) is 7. The van der Waals surface area contributed by atoms with Crippen LogP contribution in [-0.4, -0.2) is 22.8 Å². The standard InChI is InChI=1S/C22H19N3O5/c1-13-6-11-19(29-13)17-12-18-16-4-3-5-20(28-2)21(16)30-22(24(18)23-17)14-7-9-15(10-8-14)25(26)27/h3-11,18,22H,12H2,1-2H3/t18-,22+/m0/s1. The van der Waals surface area contributed by atoms with Gasteiger partial charge in [-0.25, -0.2) is 5.01 Å². The van der Waals surface area contributed by atoms with Crippen LogP contribution in [-0.2, 0) is 0 Å². The lowest BCUT2D eigenvalue weighted by Gasteiger charge is -2.38. The average Bonchev–Trinajstić information content (AvgIpc) is 3.39. The second kappa shape index (κ2) is 6.91. The van der Waals surface area contributed by atoms with Gasteiger partial charge >= 0.3 is 0 Å². The van der Waals surface area contributed by atoms with Crippen LogP contribution in [0.3, 0.4) is 0 Å². The van der Waals surface area contributed by atoms with E-state index < -0.39 is 11.2 Å². The third-order valence-electron chi connectivity index (χ3n) is 5.41. The van der Waals surface area contributed by atoms with Crippen molar-refractivity contribution in [1.82, 2.24) is 5.01 Å². The van der Waals surface area contributed by atoms with E-state index in [0.717, 1.165) is 28.4 Å². The zero-order valence-electron chi connectivity index (χ0n) is 16.4. The minimum atomic E-state index is -0.548. The van der Waals surface area contributed by atoms with Crippen molar-refractivity contribution in [2.24, 2.45) is 5.10 Å². The first-order valence-corrected chi connectivity index (χ1v) is 9.55. The van der Waals surface area contributed by atoms with E-state index in [1.165, 1.54) is 12.1 Å². The molecule has 0 amide bonds. The molecule has 0 saturated carbocycles. The smallest absolute Gasteiger partial charge is 0.269 e. The molecule has 0 spiro atoms. The molecule has 0 saturated heterocycles. The van der Waals surface area contributed by atoms with Crippen LogP contribution < -0.4 is 9.47 Å². The van der Waals surface area contributed by atoms with E-state index in [1.807, 2.05) is 42.3 Å². The normalized spacial score (nSPS) is 19.5. The lowest BCUT2D eigenvalue weighted by molar-refractivity contribution is -0.384. The fourth-order valence-electron chi connectivity index (χ4n) is 3.96. The van der Waals surface area contributed by atoms with Crippen molar-refractivity contribution in [1.29, 1.82) is 0 Å². The molecule has 3 aromatic rings. The van der Waals surface area contributed by atoms with Crippen LogP contribution in [0.4, 0.5) is 5.69 Å². The number of nitro groups is 1. The molecule has 0 aliphatic carbocycles. The molecule has 3 heterocycles. The second-order valence-corrected chi connectivity index (χ2v) is 7.25. The molecule has 2 aliphatic heterocycles. The van der Waals surface area contributed by atoms with E-state index in [9.17, 15) is 10.1 Å². The topological polar surface area (TPSA) is 90.3 Å². The van der Waals surface area contributed by atoms with E-state index >= 15 is 0 Å². The van der Waals surface area contributed by atoms with Gasteiger partial charge in [-0.2, -0.15) is 5.10 Å². The Morgan fingerprint density at radius 2 is 1.97 bits per heavy atom. The van der Waals surface area contributed by atoms with Gasteiger partial charge in [0, 0.05) is 29.7 Å². The highest BCUT2D eigenvalue weighted by molar-refractivity contribution is 5.99. The Balaban J connectivity index is 1.60. The summed E-state index contributed by atoms with van der Waals surface area (Å²) in [5.74, 6) is 2.86. The maximum Gasteiger partial charge on any atom is 0.269 e. The number of furan rings is 1. The predicted molar refractivity (Wildman–Crippen MR) is 109 cm³/mol. The molecule has 0 bridgehead atoms. The van der Waals surface area contributed by atoms with E-state index in [4.69, 9.17) is 19.0 Å². The first-order valence-electron chi connectivity index (χ1n) is 9.55. The third kappa shape index (κ3) is 2.88. The molecule has 152 valence electrons. The highest BCUT2D eigenvalue weighted by Crippen LogP contribution is 2.50. The minimum absolute atomic E-state index is 0.0285. The summed E-state index contributed by atoms with van der Waals surface area (Å²) in [5, 5.41) is 17.8. The molecule has 0 N–H and O–H groups in total. The molecule has 2 atom stereocenters. The highest BCUT2D eigenvalue weighted by Gasteiger charge is 2.42. The van der Waals surface area contributed by atoms with Crippen molar-refractivity contribution in [3.05, 3.63) is 87.4 Å². The zero-order chi connectivity index (χ0) is 20.8. The summed E-state index contributed by atoms with van der Waals surface area (Å²) in [6.45, 7) is 1.90. The molecule has 0 unspecified atom stereocenters. The summed E-state index contributed by atoms with van der Waals surface area (Å²) in [6.07, 6.45) is 0.105. The Morgan fingerprint density at radius 3 is 2.63 bits per heavy atom. The third-order valence-corrected chi connectivity index (χ3v) is 5.41. The number of hydrazone groups is 1. The van der Waals surface area contributed by atoms with Gasteiger partial charge in [-0.15, -0.1) is 0 Å². The number of benzene rings is 2. The van der Waals surface area contributed by atoms with Gasteiger partial charge in [-0.05, 0) is 37.3 Å². The molecular weight excluding hydrogens is 386 g/mol. The Kier molecular flexibility index (Phi) is 4.20. The van der Waals surface area contributed by atoms with Gasteiger partial charge in [0.2, 0.25) is 6.23 Å². The molecular formula is C22H19N3O5. The summed E-state index contributed by atoms with van der Waals surface area (Å²) < 4.78 is 17.7. The second-order valence-electron chi connectivity index (χ2n) is 7.25. The predicted octanol–water partition coefficient (Wildman–Crippen LogP) is 4.75. The van der Waals surface area contributed by atoms with Crippen LogP contribution in [0.25, 0.3) is 0 Å². The Hall–Kier alpha value is -3.81. The highest BCUT2D eigenvalue weighted by atomic mass is 16.6. The van der Waals surface area contributed by atoms with Crippen molar-refractivity contribution >= 4 is 11.4 Å². The molecule has 0 fully saturated rings. The van der Waals surface area contributed by atoms with Crippen molar-refractivity contribution < 1.29 is 18.8 Å². The lowest BCUT2D eigenvalue weighted by atomic mass is 9.97. The van der Waals surface area contributed by atoms with Crippen LogP contribution in [0, 0.1) is 17.0 Å². The largest absolute Gasteiger partial charge is 0.493 e.